The second-order valence-corrected chi connectivity index (χ2v) is 6.41. The first kappa shape index (κ1) is 12.7. The van der Waals surface area contributed by atoms with Crippen molar-refractivity contribution < 1.29 is 9.90 Å². The second kappa shape index (κ2) is 5.34. The Labute approximate surface area is 118 Å². The van der Waals surface area contributed by atoms with E-state index in [2.05, 4.69) is 20.8 Å². The summed E-state index contributed by atoms with van der Waals surface area (Å²) in [5, 5.41) is 19.9. The topological polar surface area (TPSA) is 68.0 Å². The molecule has 1 aliphatic carbocycles. The van der Waals surface area contributed by atoms with Gasteiger partial charge in [-0.2, -0.15) is 0 Å². The number of hydrogen-bond donors (Lipinski definition) is 1. The van der Waals surface area contributed by atoms with Crippen LogP contribution in [0.4, 0.5) is 0 Å². The third kappa shape index (κ3) is 2.98. The van der Waals surface area contributed by atoms with Gasteiger partial charge in [0.05, 0.1) is 5.75 Å². The maximum absolute atomic E-state index is 10.7. The van der Waals surface area contributed by atoms with Gasteiger partial charge in [0.25, 0.3) is 0 Å². The third-order valence-electron chi connectivity index (χ3n) is 2.88. The van der Waals surface area contributed by atoms with Crippen LogP contribution in [0.1, 0.15) is 29.6 Å². The first-order valence-electron chi connectivity index (χ1n) is 6.05. The largest absolute Gasteiger partial charge is 0.481 e. The molecule has 100 valence electrons. The van der Waals surface area contributed by atoms with Gasteiger partial charge in [-0.3, -0.25) is 4.79 Å². The quantitative estimate of drug-likeness (QED) is 0.829. The van der Waals surface area contributed by atoms with Gasteiger partial charge in [0.15, 0.2) is 5.16 Å². The number of aliphatic carboxylic acids is 1. The van der Waals surface area contributed by atoms with E-state index >= 15 is 0 Å². The van der Waals surface area contributed by atoms with Crippen LogP contribution in [-0.2, 0) is 11.2 Å². The van der Waals surface area contributed by atoms with Crippen molar-refractivity contribution in [1.82, 2.24) is 14.8 Å². The van der Waals surface area contributed by atoms with Crippen LogP contribution in [-0.4, -0.2) is 31.6 Å². The Bertz CT molecular complexity index is 576. The maximum Gasteiger partial charge on any atom is 0.313 e. The Balaban J connectivity index is 1.81. The van der Waals surface area contributed by atoms with Crippen molar-refractivity contribution in [3.8, 4) is 0 Å². The van der Waals surface area contributed by atoms with Gasteiger partial charge < -0.3 is 9.67 Å². The van der Waals surface area contributed by atoms with Crippen LogP contribution in [0.3, 0.4) is 0 Å². The molecule has 1 fully saturated rings. The van der Waals surface area contributed by atoms with Crippen LogP contribution in [0.15, 0.2) is 22.7 Å². The van der Waals surface area contributed by atoms with E-state index in [-0.39, 0.29) is 5.75 Å². The summed E-state index contributed by atoms with van der Waals surface area (Å²) in [7, 11) is 0. The summed E-state index contributed by atoms with van der Waals surface area (Å²) in [6.07, 6.45) is 3.04. The first-order valence-corrected chi connectivity index (χ1v) is 7.91. The van der Waals surface area contributed by atoms with Crippen LogP contribution in [0.5, 0.6) is 0 Å². The highest BCUT2D eigenvalue weighted by atomic mass is 32.2. The number of rotatable bonds is 6. The van der Waals surface area contributed by atoms with Crippen molar-refractivity contribution in [1.29, 1.82) is 0 Å². The van der Waals surface area contributed by atoms with Crippen LogP contribution in [0.2, 0.25) is 0 Å². The van der Waals surface area contributed by atoms with Crippen molar-refractivity contribution in [2.24, 2.45) is 0 Å². The van der Waals surface area contributed by atoms with Crippen molar-refractivity contribution in [2.45, 2.75) is 30.5 Å². The predicted octanol–water partition coefficient (Wildman–Crippen LogP) is 2.44. The molecule has 0 spiro atoms. The monoisotopic (exact) mass is 295 g/mol. The Morgan fingerprint density at radius 1 is 1.53 bits per heavy atom. The van der Waals surface area contributed by atoms with E-state index < -0.39 is 5.97 Å². The van der Waals surface area contributed by atoms with E-state index in [4.69, 9.17) is 5.11 Å². The molecule has 0 bridgehead atoms. The molecule has 19 heavy (non-hydrogen) atoms. The molecule has 0 radical (unpaired) electrons. The molecular formula is C12H13N3O2S2. The predicted molar refractivity (Wildman–Crippen MR) is 73.8 cm³/mol. The van der Waals surface area contributed by atoms with E-state index in [1.165, 1.54) is 16.6 Å². The molecule has 2 aromatic rings. The number of aromatic nitrogens is 3. The van der Waals surface area contributed by atoms with Gasteiger partial charge in [-0.15, -0.1) is 21.5 Å². The van der Waals surface area contributed by atoms with E-state index in [1.807, 2.05) is 11.4 Å². The summed E-state index contributed by atoms with van der Waals surface area (Å²) in [5.74, 6) is 0.150. The summed E-state index contributed by atoms with van der Waals surface area (Å²) in [5.41, 5.74) is 0. The SMILES string of the molecule is O=C(O)CSc1nnc(Cc2cccs2)n1C1CC1. The van der Waals surface area contributed by atoms with Gasteiger partial charge in [0, 0.05) is 17.3 Å². The highest BCUT2D eigenvalue weighted by Crippen LogP contribution is 2.39. The molecule has 0 aromatic carbocycles. The van der Waals surface area contributed by atoms with E-state index in [9.17, 15) is 4.79 Å². The zero-order valence-electron chi connectivity index (χ0n) is 10.2. The minimum atomic E-state index is -0.824. The standard InChI is InChI=1S/C12H13N3O2S2/c16-11(17)7-19-12-14-13-10(15(12)8-3-4-8)6-9-2-1-5-18-9/h1-2,5,8H,3-4,6-7H2,(H,16,17). The average molecular weight is 295 g/mol. The van der Waals surface area contributed by atoms with Gasteiger partial charge in [0.2, 0.25) is 0 Å². The van der Waals surface area contributed by atoms with Crippen molar-refractivity contribution >= 4 is 29.1 Å². The molecule has 7 heteroatoms. The minimum Gasteiger partial charge on any atom is -0.481 e. The van der Waals surface area contributed by atoms with Crippen molar-refractivity contribution in [3.05, 3.63) is 28.2 Å². The first-order chi connectivity index (χ1) is 9.24. The Morgan fingerprint density at radius 3 is 3.00 bits per heavy atom. The highest BCUT2D eigenvalue weighted by molar-refractivity contribution is 7.99. The molecule has 1 N–H and O–H groups in total. The second-order valence-electron chi connectivity index (χ2n) is 4.44. The van der Waals surface area contributed by atoms with E-state index in [0.29, 0.717) is 6.04 Å². The maximum atomic E-state index is 10.7. The summed E-state index contributed by atoms with van der Waals surface area (Å²) in [4.78, 5) is 11.9. The summed E-state index contributed by atoms with van der Waals surface area (Å²) >= 11 is 2.95. The smallest absolute Gasteiger partial charge is 0.313 e. The van der Waals surface area contributed by atoms with E-state index in [0.717, 1.165) is 30.2 Å². The number of carboxylic acid groups (broad SMARTS) is 1. The molecule has 0 unspecified atom stereocenters. The Morgan fingerprint density at radius 2 is 2.37 bits per heavy atom. The fourth-order valence-corrected chi connectivity index (χ4v) is 3.37. The fraction of sp³-hybridized carbons (Fsp3) is 0.417. The number of thiophene rings is 1. The van der Waals surface area contributed by atoms with Gasteiger partial charge in [0.1, 0.15) is 5.82 Å². The molecule has 5 nitrogen and oxygen atoms in total. The van der Waals surface area contributed by atoms with E-state index in [1.54, 1.807) is 11.3 Å². The minimum absolute atomic E-state index is 0.0316. The molecule has 1 aliphatic rings. The lowest BCUT2D eigenvalue weighted by molar-refractivity contribution is -0.133. The number of carboxylic acids is 1. The normalized spacial score (nSPS) is 14.7. The molecule has 2 heterocycles. The average Bonchev–Trinajstić information content (AvgIpc) is 2.94. The number of thioether (sulfide) groups is 1. The Kier molecular flexibility index (Phi) is 3.56. The molecule has 0 atom stereocenters. The number of nitrogens with zero attached hydrogens (tertiary/aromatic N) is 3. The van der Waals surface area contributed by atoms with Crippen LogP contribution >= 0.6 is 23.1 Å². The fourth-order valence-electron chi connectivity index (χ4n) is 1.92. The summed E-state index contributed by atoms with van der Waals surface area (Å²) in [6.45, 7) is 0. The van der Waals surface area contributed by atoms with Crippen molar-refractivity contribution in [3.63, 3.8) is 0 Å². The lowest BCUT2D eigenvalue weighted by atomic mass is 10.3. The van der Waals surface area contributed by atoms with Gasteiger partial charge >= 0.3 is 5.97 Å². The Hall–Kier alpha value is -1.34. The van der Waals surface area contributed by atoms with Gasteiger partial charge in [-0.05, 0) is 24.3 Å². The molecule has 0 aliphatic heterocycles. The molecule has 0 saturated heterocycles. The van der Waals surface area contributed by atoms with Gasteiger partial charge in [-0.1, -0.05) is 17.8 Å². The zero-order valence-corrected chi connectivity index (χ0v) is 11.8. The molecular weight excluding hydrogens is 282 g/mol. The summed E-state index contributed by atoms with van der Waals surface area (Å²) < 4.78 is 2.12. The number of hydrogen-bond acceptors (Lipinski definition) is 5. The molecule has 1 saturated carbocycles. The zero-order chi connectivity index (χ0) is 13.2. The van der Waals surface area contributed by atoms with Gasteiger partial charge in [-0.25, -0.2) is 0 Å². The summed E-state index contributed by atoms with van der Waals surface area (Å²) in [6, 6.07) is 4.57. The third-order valence-corrected chi connectivity index (χ3v) is 4.69. The lowest BCUT2D eigenvalue weighted by Gasteiger charge is -2.07. The molecule has 0 amide bonds. The lowest BCUT2D eigenvalue weighted by Crippen LogP contribution is -2.05. The van der Waals surface area contributed by atoms with Crippen LogP contribution < -0.4 is 0 Å². The van der Waals surface area contributed by atoms with Crippen LogP contribution in [0, 0.1) is 0 Å². The number of carbonyl (C=O) groups is 1. The van der Waals surface area contributed by atoms with Crippen LogP contribution in [0.25, 0.3) is 0 Å². The highest BCUT2D eigenvalue weighted by Gasteiger charge is 2.29. The van der Waals surface area contributed by atoms with Crippen molar-refractivity contribution in [2.75, 3.05) is 5.75 Å². The molecule has 2 aromatic heterocycles. The molecule has 3 rings (SSSR count).